The molecule has 0 aliphatic heterocycles. The summed E-state index contributed by atoms with van der Waals surface area (Å²) in [6.07, 6.45) is 4.89. The number of aromatic nitrogens is 3. The zero-order chi connectivity index (χ0) is 14.1. The van der Waals surface area contributed by atoms with E-state index in [1.165, 1.54) is 12.5 Å². The van der Waals surface area contributed by atoms with Crippen molar-refractivity contribution in [1.82, 2.24) is 15.0 Å². The van der Waals surface area contributed by atoms with Crippen molar-refractivity contribution in [2.75, 3.05) is 7.11 Å². The largest absolute Gasteiger partial charge is 0.464 e. The van der Waals surface area contributed by atoms with Crippen LogP contribution in [0.4, 0.5) is 0 Å². The van der Waals surface area contributed by atoms with Crippen LogP contribution in [0.3, 0.4) is 0 Å². The standard InChI is InChI=1S/C13H9N3O3S/c1-19-13(18)10-6-20-12(16-10)11(17)8-4-15-9-5-14-3-2-7(8)9/h2-6,15H,1H3. The molecule has 3 rings (SSSR count). The van der Waals surface area contributed by atoms with Crippen molar-refractivity contribution in [3.63, 3.8) is 0 Å². The van der Waals surface area contributed by atoms with E-state index in [0.717, 1.165) is 22.2 Å². The first kappa shape index (κ1) is 12.5. The summed E-state index contributed by atoms with van der Waals surface area (Å²) < 4.78 is 4.57. The number of thiazole rings is 1. The highest BCUT2D eigenvalue weighted by atomic mass is 32.1. The van der Waals surface area contributed by atoms with E-state index in [1.54, 1.807) is 24.7 Å². The third kappa shape index (κ3) is 1.97. The summed E-state index contributed by atoms with van der Waals surface area (Å²) in [6, 6.07) is 1.76. The molecule has 0 amide bonds. The molecule has 0 spiro atoms. The number of carbonyl (C=O) groups is 2. The summed E-state index contributed by atoms with van der Waals surface area (Å²) >= 11 is 1.12. The summed E-state index contributed by atoms with van der Waals surface area (Å²) in [4.78, 5) is 34.7. The number of aromatic amines is 1. The van der Waals surface area contributed by atoms with Crippen LogP contribution in [0.2, 0.25) is 0 Å². The second kappa shape index (κ2) is 4.86. The van der Waals surface area contributed by atoms with Gasteiger partial charge in [-0.1, -0.05) is 0 Å². The molecule has 0 fully saturated rings. The molecule has 1 N–H and O–H groups in total. The number of hydrogen-bond donors (Lipinski definition) is 1. The van der Waals surface area contributed by atoms with Crippen LogP contribution in [0.1, 0.15) is 25.9 Å². The SMILES string of the molecule is COC(=O)c1csc(C(=O)c2c[nH]c3cnccc23)n1. The minimum Gasteiger partial charge on any atom is -0.464 e. The highest BCUT2D eigenvalue weighted by molar-refractivity contribution is 7.12. The second-order valence-electron chi connectivity index (χ2n) is 3.98. The lowest BCUT2D eigenvalue weighted by Crippen LogP contribution is -2.04. The normalized spacial score (nSPS) is 10.7. The number of pyridine rings is 1. The highest BCUT2D eigenvalue weighted by Crippen LogP contribution is 2.22. The smallest absolute Gasteiger partial charge is 0.357 e. The number of nitrogens with zero attached hydrogens (tertiary/aromatic N) is 2. The Morgan fingerprint density at radius 2 is 2.25 bits per heavy atom. The van der Waals surface area contributed by atoms with Gasteiger partial charge in [0, 0.05) is 23.2 Å². The molecule has 0 aliphatic carbocycles. The minimum absolute atomic E-state index is 0.141. The van der Waals surface area contributed by atoms with Gasteiger partial charge in [-0.15, -0.1) is 11.3 Å². The van der Waals surface area contributed by atoms with Crippen molar-refractivity contribution in [2.24, 2.45) is 0 Å². The van der Waals surface area contributed by atoms with Crippen LogP contribution in [-0.2, 0) is 4.74 Å². The van der Waals surface area contributed by atoms with Crippen molar-refractivity contribution in [3.05, 3.63) is 46.3 Å². The number of fused-ring (bicyclic) bond motifs is 1. The van der Waals surface area contributed by atoms with Crippen molar-refractivity contribution >= 4 is 34.0 Å². The van der Waals surface area contributed by atoms with E-state index in [1.807, 2.05) is 0 Å². The fraction of sp³-hybridized carbons (Fsp3) is 0.0769. The highest BCUT2D eigenvalue weighted by Gasteiger charge is 2.19. The summed E-state index contributed by atoms with van der Waals surface area (Å²) in [6.45, 7) is 0. The summed E-state index contributed by atoms with van der Waals surface area (Å²) in [5.74, 6) is -0.786. The Morgan fingerprint density at radius 1 is 1.40 bits per heavy atom. The molecule has 7 heteroatoms. The zero-order valence-electron chi connectivity index (χ0n) is 10.4. The summed E-state index contributed by atoms with van der Waals surface area (Å²) in [5, 5.41) is 2.54. The Kier molecular flexibility index (Phi) is 3.03. The molecule has 0 unspecified atom stereocenters. The number of ether oxygens (including phenoxy) is 1. The molecular weight excluding hydrogens is 278 g/mol. The van der Waals surface area contributed by atoms with E-state index < -0.39 is 5.97 Å². The van der Waals surface area contributed by atoms with Gasteiger partial charge in [0.15, 0.2) is 10.7 Å². The number of carbonyl (C=O) groups excluding carboxylic acids is 2. The van der Waals surface area contributed by atoms with Crippen LogP contribution >= 0.6 is 11.3 Å². The number of ketones is 1. The first-order valence-electron chi connectivity index (χ1n) is 5.70. The Morgan fingerprint density at radius 3 is 3.05 bits per heavy atom. The number of esters is 1. The van der Waals surface area contributed by atoms with Gasteiger partial charge in [-0.3, -0.25) is 9.78 Å². The number of methoxy groups -OCH3 is 1. The molecule has 3 heterocycles. The average molecular weight is 287 g/mol. The Hall–Kier alpha value is -2.54. The van der Waals surface area contributed by atoms with Crippen molar-refractivity contribution < 1.29 is 14.3 Å². The van der Waals surface area contributed by atoms with Gasteiger partial charge in [0.05, 0.1) is 24.4 Å². The molecule has 0 bridgehead atoms. The number of nitrogens with one attached hydrogen (secondary N) is 1. The predicted octanol–water partition coefficient (Wildman–Crippen LogP) is 2.04. The van der Waals surface area contributed by atoms with Gasteiger partial charge in [-0.2, -0.15) is 0 Å². The van der Waals surface area contributed by atoms with E-state index in [-0.39, 0.29) is 16.5 Å². The molecule has 3 aromatic rings. The van der Waals surface area contributed by atoms with E-state index in [9.17, 15) is 9.59 Å². The van der Waals surface area contributed by atoms with E-state index in [0.29, 0.717) is 5.56 Å². The topological polar surface area (TPSA) is 84.9 Å². The maximum absolute atomic E-state index is 12.4. The van der Waals surface area contributed by atoms with Crippen molar-refractivity contribution in [3.8, 4) is 0 Å². The Balaban J connectivity index is 2.00. The first-order chi connectivity index (χ1) is 9.70. The zero-order valence-corrected chi connectivity index (χ0v) is 11.2. The van der Waals surface area contributed by atoms with Crippen LogP contribution < -0.4 is 0 Å². The Bertz CT molecular complexity index is 806. The van der Waals surface area contributed by atoms with Gasteiger partial charge in [-0.25, -0.2) is 9.78 Å². The number of H-pyrrole nitrogens is 1. The lowest BCUT2D eigenvalue weighted by Gasteiger charge is -1.95. The fourth-order valence-electron chi connectivity index (χ4n) is 1.85. The monoisotopic (exact) mass is 287 g/mol. The number of rotatable bonds is 3. The third-order valence-corrected chi connectivity index (χ3v) is 3.66. The Labute approximate surface area is 117 Å². The fourth-order valence-corrected chi connectivity index (χ4v) is 2.59. The maximum Gasteiger partial charge on any atom is 0.357 e. The van der Waals surface area contributed by atoms with Gasteiger partial charge in [-0.05, 0) is 6.07 Å². The third-order valence-electron chi connectivity index (χ3n) is 2.82. The molecule has 0 saturated heterocycles. The molecule has 0 radical (unpaired) electrons. The lowest BCUT2D eigenvalue weighted by atomic mass is 10.1. The number of hydrogen-bond acceptors (Lipinski definition) is 6. The second-order valence-corrected chi connectivity index (χ2v) is 4.84. The van der Waals surface area contributed by atoms with Crippen molar-refractivity contribution in [2.45, 2.75) is 0 Å². The predicted molar refractivity (Wildman–Crippen MR) is 73.0 cm³/mol. The van der Waals surface area contributed by atoms with Crippen LogP contribution in [-0.4, -0.2) is 33.8 Å². The molecule has 0 saturated carbocycles. The molecule has 20 heavy (non-hydrogen) atoms. The van der Waals surface area contributed by atoms with E-state index in [4.69, 9.17) is 0 Å². The van der Waals surface area contributed by atoms with Crippen LogP contribution in [0.5, 0.6) is 0 Å². The molecule has 100 valence electrons. The van der Waals surface area contributed by atoms with Crippen LogP contribution in [0, 0.1) is 0 Å². The van der Waals surface area contributed by atoms with E-state index >= 15 is 0 Å². The molecule has 0 atom stereocenters. The average Bonchev–Trinajstić information content (AvgIpc) is 3.12. The van der Waals surface area contributed by atoms with Gasteiger partial charge < -0.3 is 9.72 Å². The first-order valence-corrected chi connectivity index (χ1v) is 6.58. The van der Waals surface area contributed by atoms with Crippen molar-refractivity contribution in [1.29, 1.82) is 0 Å². The quantitative estimate of drug-likeness (QED) is 0.588. The van der Waals surface area contributed by atoms with Gasteiger partial charge in [0.1, 0.15) is 0 Å². The summed E-state index contributed by atoms with van der Waals surface area (Å²) in [7, 11) is 1.27. The molecular formula is C13H9N3O3S. The summed E-state index contributed by atoms with van der Waals surface area (Å²) in [5.41, 5.74) is 1.43. The molecule has 0 aromatic carbocycles. The van der Waals surface area contributed by atoms with Gasteiger partial charge in [0.2, 0.25) is 5.78 Å². The van der Waals surface area contributed by atoms with Crippen LogP contribution in [0.15, 0.2) is 30.0 Å². The van der Waals surface area contributed by atoms with Gasteiger partial charge in [0.25, 0.3) is 0 Å². The molecule has 0 aliphatic rings. The van der Waals surface area contributed by atoms with Crippen LogP contribution in [0.25, 0.3) is 10.9 Å². The maximum atomic E-state index is 12.4. The van der Waals surface area contributed by atoms with E-state index in [2.05, 4.69) is 19.7 Å². The molecule has 3 aromatic heterocycles. The minimum atomic E-state index is -0.552. The lowest BCUT2D eigenvalue weighted by molar-refractivity contribution is 0.0595. The molecule has 6 nitrogen and oxygen atoms in total. The van der Waals surface area contributed by atoms with Gasteiger partial charge >= 0.3 is 5.97 Å².